The molecular formula is C20H26N6O2. The number of aromatic nitrogens is 4. The summed E-state index contributed by atoms with van der Waals surface area (Å²) < 4.78 is 6.01. The molecule has 0 radical (unpaired) electrons. The van der Waals surface area contributed by atoms with Crippen LogP contribution < -0.4 is 20.9 Å². The second-order valence-corrected chi connectivity index (χ2v) is 6.30. The van der Waals surface area contributed by atoms with Crippen molar-refractivity contribution >= 4 is 22.4 Å². The van der Waals surface area contributed by atoms with Crippen LogP contribution >= 0.6 is 0 Å². The van der Waals surface area contributed by atoms with E-state index in [9.17, 15) is 4.79 Å². The minimum atomic E-state index is -0.323. The van der Waals surface area contributed by atoms with Gasteiger partial charge in [0.05, 0.1) is 6.20 Å². The quantitative estimate of drug-likeness (QED) is 0.637. The van der Waals surface area contributed by atoms with Gasteiger partial charge in [0.25, 0.3) is 5.56 Å². The monoisotopic (exact) mass is 382 g/mol. The molecule has 0 bridgehead atoms. The molecule has 0 unspecified atom stereocenters. The van der Waals surface area contributed by atoms with Gasteiger partial charge in [0.1, 0.15) is 34.4 Å². The lowest BCUT2D eigenvalue weighted by Gasteiger charge is -2.23. The fourth-order valence-electron chi connectivity index (χ4n) is 3.07. The van der Waals surface area contributed by atoms with Crippen molar-refractivity contribution in [2.45, 2.75) is 39.7 Å². The second-order valence-electron chi connectivity index (χ2n) is 6.30. The highest BCUT2D eigenvalue weighted by atomic mass is 16.5. The Morgan fingerprint density at radius 3 is 2.54 bits per heavy atom. The SMILES string of the molecule is CC.Cc1nc(Nc2ccc(OC3CCNCC3)cc2)c2c(=O)[nH]ncc2n1. The molecule has 1 fully saturated rings. The van der Waals surface area contributed by atoms with E-state index in [1.807, 2.05) is 38.1 Å². The molecule has 148 valence electrons. The van der Waals surface area contributed by atoms with Gasteiger partial charge in [0, 0.05) is 5.69 Å². The number of ether oxygens (including phenoxy) is 1. The highest BCUT2D eigenvalue weighted by Gasteiger charge is 2.14. The largest absolute Gasteiger partial charge is 0.490 e. The van der Waals surface area contributed by atoms with Gasteiger partial charge in [0.2, 0.25) is 0 Å². The summed E-state index contributed by atoms with van der Waals surface area (Å²) in [6.07, 6.45) is 3.81. The molecule has 2 aromatic heterocycles. The molecule has 0 spiro atoms. The standard InChI is InChI=1S/C18H20N6O2.C2H6/c1-11-21-15-10-20-24-18(25)16(15)17(22-11)23-12-2-4-13(5-3-12)26-14-6-8-19-9-7-14;1-2/h2-5,10,14,19H,6-9H2,1H3,(H,24,25)(H,21,22,23);1-2H3. The Bertz CT molecular complexity index is 965. The van der Waals surface area contributed by atoms with Crippen molar-refractivity contribution in [2.24, 2.45) is 0 Å². The molecule has 3 aromatic rings. The number of benzene rings is 1. The summed E-state index contributed by atoms with van der Waals surface area (Å²) in [6, 6.07) is 7.67. The summed E-state index contributed by atoms with van der Waals surface area (Å²) in [5.41, 5.74) is 1.00. The van der Waals surface area contributed by atoms with Crippen LogP contribution in [0.15, 0.2) is 35.3 Å². The van der Waals surface area contributed by atoms with Gasteiger partial charge in [-0.15, -0.1) is 0 Å². The van der Waals surface area contributed by atoms with E-state index in [1.165, 1.54) is 6.20 Å². The Balaban J connectivity index is 0.00000109. The van der Waals surface area contributed by atoms with Crippen molar-refractivity contribution in [1.82, 2.24) is 25.5 Å². The first-order valence-electron chi connectivity index (χ1n) is 9.65. The van der Waals surface area contributed by atoms with Gasteiger partial charge in [-0.05, 0) is 57.1 Å². The van der Waals surface area contributed by atoms with Gasteiger partial charge in [-0.2, -0.15) is 5.10 Å². The van der Waals surface area contributed by atoms with Gasteiger partial charge in [-0.25, -0.2) is 15.1 Å². The molecule has 1 aliphatic heterocycles. The van der Waals surface area contributed by atoms with E-state index in [0.717, 1.165) is 37.4 Å². The molecule has 3 N–H and O–H groups in total. The Morgan fingerprint density at radius 1 is 1.11 bits per heavy atom. The van der Waals surface area contributed by atoms with Gasteiger partial charge < -0.3 is 15.4 Å². The fourth-order valence-corrected chi connectivity index (χ4v) is 3.07. The lowest BCUT2D eigenvalue weighted by atomic mass is 10.1. The number of rotatable bonds is 4. The minimum Gasteiger partial charge on any atom is -0.490 e. The van der Waals surface area contributed by atoms with Crippen LogP contribution in [0.5, 0.6) is 5.75 Å². The number of anilines is 2. The predicted molar refractivity (Wildman–Crippen MR) is 110 cm³/mol. The van der Waals surface area contributed by atoms with E-state index in [4.69, 9.17) is 4.74 Å². The number of aromatic amines is 1. The van der Waals surface area contributed by atoms with Gasteiger partial charge >= 0.3 is 0 Å². The normalized spacial score (nSPS) is 14.2. The Morgan fingerprint density at radius 2 is 1.82 bits per heavy atom. The fraction of sp³-hybridized carbons (Fsp3) is 0.400. The van der Waals surface area contributed by atoms with E-state index in [-0.39, 0.29) is 11.7 Å². The van der Waals surface area contributed by atoms with Crippen LogP contribution in [0.3, 0.4) is 0 Å². The highest BCUT2D eigenvalue weighted by molar-refractivity contribution is 5.89. The highest BCUT2D eigenvalue weighted by Crippen LogP contribution is 2.24. The third-order valence-electron chi connectivity index (χ3n) is 4.33. The van der Waals surface area contributed by atoms with Crippen LogP contribution in [-0.4, -0.2) is 39.4 Å². The van der Waals surface area contributed by atoms with E-state index in [0.29, 0.717) is 22.5 Å². The van der Waals surface area contributed by atoms with Gasteiger partial charge in [0.15, 0.2) is 0 Å². The smallest absolute Gasteiger partial charge is 0.277 e. The first kappa shape index (κ1) is 19.8. The molecule has 1 aliphatic rings. The van der Waals surface area contributed by atoms with Crippen LogP contribution in [0.1, 0.15) is 32.5 Å². The Kier molecular flexibility index (Phi) is 6.54. The maximum absolute atomic E-state index is 12.1. The summed E-state index contributed by atoms with van der Waals surface area (Å²) in [5.74, 6) is 1.87. The van der Waals surface area contributed by atoms with Crippen molar-refractivity contribution in [3.63, 3.8) is 0 Å². The average molecular weight is 382 g/mol. The van der Waals surface area contributed by atoms with Crippen molar-refractivity contribution in [2.75, 3.05) is 18.4 Å². The zero-order chi connectivity index (χ0) is 19.9. The summed E-state index contributed by atoms with van der Waals surface area (Å²) in [4.78, 5) is 20.7. The van der Waals surface area contributed by atoms with Crippen molar-refractivity contribution < 1.29 is 4.74 Å². The predicted octanol–water partition coefficient (Wildman–Crippen LogP) is 2.92. The zero-order valence-electron chi connectivity index (χ0n) is 16.5. The van der Waals surface area contributed by atoms with Crippen molar-refractivity contribution in [1.29, 1.82) is 0 Å². The van der Waals surface area contributed by atoms with Crippen LogP contribution in [0, 0.1) is 6.92 Å². The Hall–Kier alpha value is -3.00. The number of nitrogens with zero attached hydrogens (tertiary/aromatic N) is 3. The molecular weight excluding hydrogens is 356 g/mol. The molecule has 1 aromatic carbocycles. The van der Waals surface area contributed by atoms with Gasteiger partial charge in [-0.1, -0.05) is 13.8 Å². The van der Waals surface area contributed by atoms with E-state index in [2.05, 4.69) is 30.8 Å². The number of H-pyrrole nitrogens is 1. The van der Waals surface area contributed by atoms with Crippen LogP contribution in [0.4, 0.5) is 11.5 Å². The maximum Gasteiger partial charge on any atom is 0.277 e. The lowest BCUT2D eigenvalue weighted by Crippen LogP contribution is -2.34. The minimum absolute atomic E-state index is 0.259. The van der Waals surface area contributed by atoms with Crippen LogP contribution in [0.2, 0.25) is 0 Å². The summed E-state index contributed by atoms with van der Waals surface area (Å²) in [7, 11) is 0. The first-order valence-corrected chi connectivity index (χ1v) is 9.65. The number of fused-ring (bicyclic) bond motifs is 1. The average Bonchev–Trinajstić information content (AvgIpc) is 2.71. The second kappa shape index (κ2) is 9.27. The first-order chi connectivity index (χ1) is 13.7. The molecule has 28 heavy (non-hydrogen) atoms. The topological polar surface area (TPSA) is 105 Å². The molecule has 8 heteroatoms. The maximum atomic E-state index is 12.1. The number of aryl methyl sites for hydroxylation is 1. The molecule has 4 rings (SSSR count). The third kappa shape index (κ3) is 4.64. The number of piperidine rings is 1. The summed E-state index contributed by atoms with van der Waals surface area (Å²) in [5, 5.41) is 13.1. The lowest BCUT2D eigenvalue weighted by molar-refractivity contribution is 0.162. The van der Waals surface area contributed by atoms with E-state index < -0.39 is 0 Å². The van der Waals surface area contributed by atoms with Crippen LogP contribution in [-0.2, 0) is 0 Å². The molecule has 1 saturated heterocycles. The molecule has 8 nitrogen and oxygen atoms in total. The summed E-state index contributed by atoms with van der Waals surface area (Å²) >= 11 is 0. The number of hydrogen-bond donors (Lipinski definition) is 3. The molecule has 3 heterocycles. The third-order valence-corrected chi connectivity index (χ3v) is 4.33. The number of nitrogens with one attached hydrogen (secondary N) is 3. The summed E-state index contributed by atoms with van der Waals surface area (Å²) in [6.45, 7) is 7.77. The van der Waals surface area contributed by atoms with E-state index in [1.54, 1.807) is 6.92 Å². The molecule has 0 aliphatic carbocycles. The van der Waals surface area contributed by atoms with E-state index >= 15 is 0 Å². The van der Waals surface area contributed by atoms with Gasteiger partial charge in [-0.3, -0.25) is 4.79 Å². The molecule has 0 amide bonds. The van der Waals surface area contributed by atoms with Crippen LogP contribution in [0.25, 0.3) is 10.9 Å². The Labute approximate surface area is 163 Å². The number of hydrogen-bond acceptors (Lipinski definition) is 7. The molecule has 0 atom stereocenters. The van der Waals surface area contributed by atoms with Crippen molar-refractivity contribution in [3.8, 4) is 5.75 Å². The van der Waals surface area contributed by atoms with Crippen molar-refractivity contribution in [3.05, 3.63) is 46.6 Å². The zero-order valence-corrected chi connectivity index (χ0v) is 16.5. The molecule has 0 saturated carbocycles.